The van der Waals surface area contributed by atoms with Gasteiger partial charge in [-0.15, -0.1) is 0 Å². The average molecular weight is 282 g/mol. The predicted molar refractivity (Wildman–Crippen MR) is 67.5 cm³/mol. The van der Waals surface area contributed by atoms with Gasteiger partial charge in [-0.2, -0.15) is 0 Å². The lowest BCUT2D eigenvalue weighted by atomic mass is 9.93. The summed E-state index contributed by atoms with van der Waals surface area (Å²) in [6.07, 6.45) is -0.0985. The van der Waals surface area contributed by atoms with Gasteiger partial charge in [-0.3, -0.25) is 14.4 Å². The lowest BCUT2D eigenvalue weighted by Crippen LogP contribution is -2.26. The minimum absolute atomic E-state index is 0.0183. The van der Waals surface area contributed by atoms with Gasteiger partial charge >= 0.3 is 11.9 Å². The predicted octanol–water partition coefficient (Wildman–Crippen LogP) is 1.75. The van der Waals surface area contributed by atoms with Crippen LogP contribution in [0.3, 0.4) is 0 Å². The normalized spacial score (nSPS) is 11.6. The lowest BCUT2D eigenvalue weighted by Gasteiger charge is -2.13. The summed E-state index contributed by atoms with van der Waals surface area (Å²) in [4.78, 5) is 34.9. The molecular weight excluding hydrogens is 267 g/mol. The smallest absolute Gasteiger partial charge is 0.316 e. The fourth-order valence-electron chi connectivity index (χ4n) is 1.68. The number of benzene rings is 1. The van der Waals surface area contributed by atoms with Crippen molar-refractivity contribution < 1.29 is 28.2 Å². The highest BCUT2D eigenvalue weighted by molar-refractivity contribution is 6.08. The highest BCUT2D eigenvalue weighted by atomic mass is 19.1. The molecule has 1 aromatic rings. The molecule has 0 amide bonds. The van der Waals surface area contributed by atoms with Crippen molar-refractivity contribution in [2.24, 2.45) is 5.92 Å². The molecule has 0 aromatic heterocycles. The summed E-state index contributed by atoms with van der Waals surface area (Å²) in [7, 11) is 2.38. The molecule has 5 nitrogen and oxygen atoms in total. The maximum Gasteiger partial charge on any atom is 0.316 e. The molecule has 0 saturated carbocycles. The molecule has 0 aliphatic heterocycles. The van der Waals surface area contributed by atoms with Crippen LogP contribution in [0.2, 0.25) is 0 Å². The molecule has 0 fully saturated rings. The SMILES string of the molecule is COC(=O)CCC(C(=O)OC)C(=O)c1ccc(F)cc1. The summed E-state index contributed by atoms with van der Waals surface area (Å²) in [5.74, 6) is -3.36. The van der Waals surface area contributed by atoms with Gasteiger partial charge in [0.1, 0.15) is 11.7 Å². The summed E-state index contributed by atoms with van der Waals surface area (Å²) in [5.41, 5.74) is 0.187. The summed E-state index contributed by atoms with van der Waals surface area (Å²) in [6, 6.07) is 4.82. The monoisotopic (exact) mass is 282 g/mol. The first kappa shape index (κ1) is 15.8. The quantitative estimate of drug-likeness (QED) is 0.451. The van der Waals surface area contributed by atoms with Crippen molar-refractivity contribution in [1.82, 2.24) is 0 Å². The third-order valence-corrected chi connectivity index (χ3v) is 2.80. The Morgan fingerprint density at radius 3 is 2.20 bits per heavy atom. The number of hydrogen-bond acceptors (Lipinski definition) is 5. The maximum atomic E-state index is 12.8. The molecule has 1 unspecified atom stereocenters. The van der Waals surface area contributed by atoms with Crippen LogP contribution in [-0.2, 0) is 19.1 Å². The van der Waals surface area contributed by atoms with Crippen LogP contribution in [0.1, 0.15) is 23.2 Å². The summed E-state index contributed by atoms with van der Waals surface area (Å²) < 4.78 is 21.8. The molecule has 0 heterocycles. The van der Waals surface area contributed by atoms with E-state index in [1.807, 2.05) is 0 Å². The van der Waals surface area contributed by atoms with Crippen LogP contribution in [0.15, 0.2) is 24.3 Å². The van der Waals surface area contributed by atoms with E-state index in [9.17, 15) is 18.8 Å². The fraction of sp³-hybridized carbons (Fsp3) is 0.357. The van der Waals surface area contributed by atoms with E-state index < -0.39 is 29.5 Å². The van der Waals surface area contributed by atoms with Gasteiger partial charge in [-0.05, 0) is 30.7 Å². The summed E-state index contributed by atoms with van der Waals surface area (Å²) in [6.45, 7) is 0. The Balaban J connectivity index is 2.87. The van der Waals surface area contributed by atoms with Crippen LogP contribution in [0.5, 0.6) is 0 Å². The van der Waals surface area contributed by atoms with Crippen LogP contribution in [0.25, 0.3) is 0 Å². The molecule has 20 heavy (non-hydrogen) atoms. The van der Waals surface area contributed by atoms with Crippen molar-refractivity contribution in [3.05, 3.63) is 35.6 Å². The second-order valence-corrected chi connectivity index (χ2v) is 4.06. The van der Waals surface area contributed by atoms with E-state index in [-0.39, 0.29) is 18.4 Å². The standard InChI is InChI=1S/C14H15FO5/c1-19-12(16)8-7-11(14(18)20-2)13(17)9-3-5-10(15)6-4-9/h3-6,11H,7-8H2,1-2H3. The zero-order chi connectivity index (χ0) is 15.1. The second-order valence-electron chi connectivity index (χ2n) is 4.06. The van der Waals surface area contributed by atoms with E-state index >= 15 is 0 Å². The molecule has 0 spiro atoms. The number of Topliss-reactive ketones (excluding diaryl/α,β-unsaturated/α-hetero) is 1. The number of esters is 2. The van der Waals surface area contributed by atoms with Gasteiger partial charge in [-0.1, -0.05) is 0 Å². The molecule has 0 aliphatic carbocycles. The molecule has 6 heteroatoms. The molecule has 0 bridgehead atoms. The molecule has 0 saturated heterocycles. The number of halogens is 1. The van der Waals surface area contributed by atoms with E-state index in [1.165, 1.54) is 19.2 Å². The first-order valence-corrected chi connectivity index (χ1v) is 5.94. The van der Waals surface area contributed by atoms with Crippen LogP contribution < -0.4 is 0 Å². The van der Waals surface area contributed by atoms with Crippen LogP contribution in [0, 0.1) is 11.7 Å². The van der Waals surface area contributed by atoms with Crippen molar-refractivity contribution in [2.75, 3.05) is 14.2 Å². The van der Waals surface area contributed by atoms with Gasteiger partial charge in [0, 0.05) is 12.0 Å². The van der Waals surface area contributed by atoms with E-state index in [2.05, 4.69) is 9.47 Å². The number of carbonyl (C=O) groups is 3. The van der Waals surface area contributed by atoms with Gasteiger partial charge in [-0.25, -0.2) is 4.39 Å². The Labute approximate surface area is 115 Å². The Morgan fingerprint density at radius 1 is 1.10 bits per heavy atom. The van der Waals surface area contributed by atoms with E-state index in [0.717, 1.165) is 19.2 Å². The Bertz CT molecular complexity index is 495. The second kappa shape index (κ2) is 7.37. The largest absolute Gasteiger partial charge is 0.469 e. The molecule has 1 aromatic carbocycles. The highest BCUT2D eigenvalue weighted by Crippen LogP contribution is 2.17. The van der Waals surface area contributed by atoms with Crippen molar-refractivity contribution >= 4 is 17.7 Å². The number of ether oxygens (including phenoxy) is 2. The van der Waals surface area contributed by atoms with Crippen LogP contribution in [-0.4, -0.2) is 31.9 Å². The van der Waals surface area contributed by atoms with Crippen LogP contribution in [0.4, 0.5) is 4.39 Å². The molecule has 0 radical (unpaired) electrons. The molecular formula is C14H15FO5. The van der Waals surface area contributed by atoms with Gasteiger partial charge in [0.05, 0.1) is 14.2 Å². The third kappa shape index (κ3) is 4.15. The Hall–Kier alpha value is -2.24. The van der Waals surface area contributed by atoms with E-state index in [1.54, 1.807) is 0 Å². The molecule has 0 aliphatic rings. The fourth-order valence-corrected chi connectivity index (χ4v) is 1.68. The zero-order valence-electron chi connectivity index (χ0n) is 11.2. The lowest BCUT2D eigenvalue weighted by molar-refractivity contribution is -0.145. The minimum atomic E-state index is -1.11. The Kier molecular flexibility index (Phi) is 5.83. The summed E-state index contributed by atoms with van der Waals surface area (Å²) >= 11 is 0. The summed E-state index contributed by atoms with van der Waals surface area (Å²) in [5, 5.41) is 0. The van der Waals surface area contributed by atoms with Crippen molar-refractivity contribution in [3.63, 3.8) is 0 Å². The molecule has 108 valence electrons. The van der Waals surface area contributed by atoms with Gasteiger partial charge in [0.15, 0.2) is 5.78 Å². The van der Waals surface area contributed by atoms with Crippen molar-refractivity contribution in [1.29, 1.82) is 0 Å². The van der Waals surface area contributed by atoms with E-state index in [0.29, 0.717) is 0 Å². The first-order valence-electron chi connectivity index (χ1n) is 5.94. The highest BCUT2D eigenvalue weighted by Gasteiger charge is 2.29. The van der Waals surface area contributed by atoms with Crippen molar-refractivity contribution in [3.8, 4) is 0 Å². The van der Waals surface area contributed by atoms with Gasteiger partial charge < -0.3 is 9.47 Å². The number of methoxy groups -OCH3 is 2. The van der Waals surface area contributed by atoms with Crippen molar-refractivity contribution in [2.45, 2.75) is 12.8 Å². The van der Waals surface area contributed by atoms with E-state index in [4.69, 9.17) is 0 Å². The topological polar surface area (TPSA) is 69.7 Å². The Morgan fingerprint density at radius 2 is 1.70 bits per heavy atom. The number of rotatable bonds is 6. The number of carbonyl (C=O) groups excluding carboxylic acids is 3. The van der Waals surface area contributed by atoms with Crippen LogP contribution >= 0.6 is 0 Å². The van der Waals surface area contributed by atoms with Gasteiger partial charge in [0.2, 0.25) is 0 Å². The average Bonchev–Trinajstić information content (AvgIpc) is 2.47. The molecule has 0 N–H and O–H groups in total. The van der Waals surface area contributed by atoms with Gasteiger partial charge in [0.25, 0.3) is 0 Å². The zero-order valence-corrected chi connectivity index (χ0v) is 11.2. The first-order chi connectivity index (χ1) is 9.49. The number of ketones is 1. The minimum Gasteiger partial charge on any atom is -0.469 e. The molecule has 1 atom stereocenters. The molecule has 1 rings (SSSR count). The maximum absolute atomic E-state index is 12.8. The number of hydrogen-bond donors (Lipinski definition) is 0. The third-order valence-electron chi connectivity index (χ3n) is 2.80.